The molecule has 0 radical (unpaired) electrons. The number of carbonyl (C=O) groups is 2. The van der Waals surface area contributed by atoms with Crippen molar-refractivity contribution in [3.05, 3.63) is 138 Å². The normalized spacial score (nSPS) is 17.8. The average molecular weight is 496 g/mol. The number of anilines is 3. The first-order chi connectivity index (χ1) is 18.6. The summed E-state index contributed by atoms with van der Waals surface area (Å²) in [4.78, 5) is 33.6. The monoisotopic (exact) mass is 495 g/mol. The number of fused-ring (bicyclic) bond motifs is 4. The third-order valence-corrected chi connectivity index (χ3v) is 7.67. The number of rotatable bonds is 5. The van der Waals surface area contributed by atoms with Crippen LogP contribution in [-0.2, 0) is 17.0 Å². The van der Waals surface area contributed by atoms with E-state index in [-0.39, 0.29) is 11.8 Å². The van der Waals surface area contributed by atoms with Gasteiger partial charge in [0.15, 0.2) is 0 Å². The zero-order chi connectivity index (χ0) is 25.9. The van der Waals surface area contributed by atoms with Crippen LogP contribution in [0.15, 0.2) is 121 Å². The molecule has 0 bridgehead atoms. The van der Waals surface area contributed by atoms with Crippen LogP contribution in [0.5, 0.6) is 0 Å². The Morgan fingerprint density at radius 1 is 0.684 bits per heavy atom. The summed E-state index contributed by atoms with van der Waals surface area (Å²) in [5, 5.41) is 2.40. The van der Waals surface area contributed by atoms with Crippen LogP contribution in [-0.4, -0.2) is 18.9 Å². The van der Waals surface area contributed by atoms with E-state index in [1.165, 1.54) is 16.3 Å². The highest BCUT2D eigenvalue weighted by Crippen LogP contribution is 2.58. The van der Waals surface area contributed by atoms with Gasteiger partial charge in [0.25, 0.3) is 11.8 Å². The van der Waals surface area contributed by atoms with Gasteiger partial charge in [0.1, 0.15) is 0 Å². The summed E-state index contributed by atoms with van der Waals surface area (Å²) in [5.74, 6) is -0.286. The maximum atomic E-state index is 14.0. The fourth-order valence-electron chi connectivity index (χ4n) is 5.93. The smallest absolute Gasteiger partial charge is 0.282 e. The van der Waals surface area contributed by atoms with Crippen LogP contribution in [0, 0.1) is 0 Å². The van der Waals surface area contributed by atoms with Crippen molar-refractivity contribution in [2.45, 2.75) is 12.2 Å². The van der Waals surface area contributed by atoms with Gasteiger partial charge >= 0.3 is 0 Å². The molecule has 5 heteroatoms. The van der Waals surface area contributed by atoms with E-state index >= 15 is 0 Å². The maximum Gasteiger partial charge on any atom is 0.282 e. The zero-order valence-electron chi connectivity index (χ0n) is 20.9. The van der Waals surface area contributed by atoms with E-state index < -0.39 is 5.66 Å². The molecule has 5 aromatic carbocycles. The molecule has 5 nitrogen and oxygen atoms in total. The Kier molecular flexibility index (Phi) is 4.88. The fourth-order valence-corrected chi connectivity index (χ4v) is 5.93. The first-order valence-corrected chi connectivity index (χ1v) is 12.7. The molecule has 2 aliphatic rings. The summed E-state index contributed by atoms with van der Waals surface area (Å²) in [6, 6.07) is 39.5. The van der Waals surface area contributed by atoms with E-state index in [9.17, 15) is 9.59 Å². The van der Waals surface area contributed by atoms with E-state index in [1.807, 2.05) is 85.9 Å². The van der Waals surface area contributed by atoms with Gasteiger partial charge in [-0.15, -0.1) is 0 Å². The molecule has 0 aliphatic carbocycles. The van der Waals surface area contributed by atoms with Gasteiger partial charge in [-0.3, -0.25) is 19.4 Å². The minimum Gasteiger partial charge on any atom is -0.370 e. The van der Waals surface area contributed by atoms with Gasteiger partial charge in [0.05, 0.1) is 11.3 Å². The van der Waals surface area contributed by atoms with Crippen molar-refractivity contribution in [3.8, 4) is 0 Å². The number of benzene rings is 5. The number of nitrogens with zero attached hydrogens (tertiary/aromatic N) is 3. The number of para-hydroxylation sites is 3. The molecule has 5 aromatic rings. The third kappa shape index (κ3) is 3.05. The minimum absolute atomic E-state index is 0.106. The molecule has 2 heterocycles. The molecule has 0 saturated carbocycles. The molecule has 2 amide bonds. The quantitative estimate of drug-likeness (QED) is 0.268. The lowest BCUT2D eigenvalue weighted by atomic mass is 9.96. The van der Waals surface area contributed by atoms with Crippen molar-refractivity contribution in [2.75, 3.05) is 21.7 Å². The Morgan fingerprint density at radius 3 is 2.24 bits per heavy atom. The summed E-state index contributed by atoms with van der Waals surface area (Å²) in [6.45, 7) is 0.651. The van der Waals surface area contributed by atoms with Crippen molar-refractivity contribution in [1.82, 2.24) is 0 Å². The Hall–Kier alpha value is -4.90. The Labute approximate surface area is 221 Å². The molecular formula is C33H25N3O2. The predicted molar refractivity (Wildman–Crippen MR) is 151 cm³/mol. The third-order valence-electron chi connectivity index (χ3n) is 7.67. The van der Waals surface area contributed by atoms with Gasteiger partial charge in [0.2, 0.25) is 5.66 Å². The maximum absolute atomic E-state index is 14.0. The molecule has 1 atom stereocenters. The summed E-state index contributed by atoms with van der Waals surface area (Å²) < 4.78 is 0. The highest BCUT2D eigenvalue weighted by Gasteiger charge is 2.74. The van der Waals surface area contributed by atoms with Crippen LogP contribution >= 0.6 is 0 Å². The Morgan fingerprint density at radius 2 is 1.37 bits per heavy atom. The molecule has 2 aliphatic heterocycles. The van der Waals surface area contributed by atoms with Crippen LogP contribution in [0.2, 0.25) is 0 Å². The summed E-state index contributed by atoms with van der Waals surface area (Å²) >= 11 is 0. The second kappa shape index (κ2) is 8.32. The van der Waals surface area contributed by atoms with Gasteiger partial charge < -0.3 is 4.90 Å². The van der Waals surface area contributed by atoms with Crippen LogP contribution in [0.1, 0.15) is 21.5 Å². The van der Waals surface area contributed by atoms with Crippen LogP contribution in [0.25, 0.3) is 10.8 Å². The molecule has 38 heavy (non-hydrogen) atoms. The number of hydrogen-bond donors (Lipinski definition) is 0. The second-order valence-electron chi connectivity index (χ2n) is 9.82. The van der Waals surface area contributed by atoms with E-state index in [4.69, 9.17) is 0 Å². The van der Waals surface area contributed by atoms with E-state index in [2.05, 4.69) is 41.3 Å². The fraction of sp³-hybridized carbons (Fsp3) is 0.0909. The van der Waals surface area contributed by atoms with Gasteiger partial charge in [0, 0.05) is 30.5 Å². The molecule has 0 unspecified atom stereocenters. The standard InChI is InChI=1S/C33H25N3O2/c1-34(22-24-14-11-13-23-12-5-6-17-26(23)24)30-21-10-8-19-28(30)33-32(38)36(33)29-20-9-7-18-27(29)31(37)35(33)25-15-3-2-4-16-25/h2-21H,22H2,1H3/t33-,36?/m1/s1. The lowest BCUT2D eigenvalue weighted by molar-refractivity contribution is -0.111. The largest absolute Gasteiger partial charge is 0.370 e. The van der Waals surface area contributed by atoms with Crippen LogP contribution in [0.3, 0.4) is 0 Å². The van der Waals surface area contributed by atoms with E-state index in [1.54, 1.807) is 15.9 Å². The summed E-state index contributed by atoms with van der Waals surface area (Å²) in [7, 11) is 2.04. The van der Waals surface area contributed by atoms with Crippen molar-refractivity contribution in [3.63, 3.8) is 0 Å². The molecule has 0 spiro atoms. The highest BCUT2D eigenvalue weighted by atomic mass is 16.2. The molecular weight excluding hydrogens is 470 g/mol. The first-order valence-electron chi connectivity index (χ1n) is 12.7. The Bertz CT molecular complexity index is 1730. The predicted octanol–water partition coefficient (Wildman–Crippen LogP) is 6.34. The van der Waals surface area contributed by atoms with Gasteiger partial charge in [-0.2, -0.15) is 0 Å². The average Bonchev–Trinajstić information content (AvgIpc) is 3.59. The highest BCUT2D eigenvalue weighted by molar-refractivity contribution is 6.33. The van der Waals surface area contributed by atoms with Crippen molar-refractivity contribution >= 4 is 39.6 Å². The molecule has 0 aromatic heterocycles. The number of carbonyl (C=O) groups excluding carboxylic acids is 2. The van der Waals surface area contributed by atoms with Gasteiger partial charge in [-0.25, -0.2) is 0 Å². The van der Waals surface area contributed by atoms with E-state index in [0.29, 0.717) is 23.5 Å². The number of amides is 2. The minimum atomic E-state index is -1.24. The van der Waals surface area contributed by atoms with Crippen molar-refractivity contribution in [2.24, 2.45) is 0 Å². The van der Waals surface area contributed by atoms with E-state index in [0.717, 1.165) is 11.3 Å². The van der Waals surface area contributed by atoms with Crippen molar-refractivity contribution < 1.29 is 9.59 Å². The molecule has 7 rings (SSSR count). The van der Waals surface area contributed by atoms with Crippen molar-refractivity contribution in [1.29, 1.82) is 0 Å². The molecule has 0 N–H and O–H groups in total. The van der Waals surface area contributed by atoms with Crippen LogP contribution < -0.4 is 14.7 Å². The molecule has 1 saturated heterocycles. The lowest BCUT2D eigenvalue weighted by Crippen LogP contribution is -2.48. The summed E-state index contributed by atoms with van der Waals surface area (Å²) in [6.07, 6.45) is 0. The lowest BCUT2D eigenvalue weighted by Gasteiger charge is -2.37. The Balaban J connectivity index is 1.39. The molecule has 1 fully saturated rings. The van der Waals surface area contributed by atoms with Crippen LogP contribution in [0.4, 0.5) is 17.1 Å². The zero-order valence-corrected chi connectivity index (χ0v) is 20.9. The second-order valence-corrected chi connectivity index (χ2v) is 9.82. The SMILES string of the molecule is CN(Cc1cccc2ccccc12)c1ccccc1[C@]12C(=O)N1c1ccccc1C(=O)N2c1ccccc1. The summed E-state index contributed by atoms with van der Waals surface area (Å²) in [5.41, 5.74) is 3.52. The van der Waals surface area contributed by atoms with Gasteiger partial charge in [-0.1, -0.05) is 91.0 Å². The van der Waals surface area contributed by atoms with Gasteiger partial charge in [-0.05, 0) is 46.7 Å². The number of hydrogen-bond acceptors (Lipinski definition) is 3. The molecule has 184 valence electrons. The first kappa shape index (κ1) is 22.3. The topological polar surface area (TPSA) is 43.6 Å².